The van der Waals surface area contributed by atoms with E-state index in [1.807, 2.05) is 0 Å². The van der Waals surface area contributed by atoms with Gasteiger partial charge in [-0.1, -0.05) is 0 Å². The third kappa shape index (κ3) is 2.70. The van der Waals surface area contributed by atoms with Crippen LogP contribution in [-0.4, -0.2) is 15.9 Å². The summed E-state index contributed by atoms with van der Waals surface area (Å²) in [6, 6.07) is 4.28. The minimum absolute atomic E-state index is 0.0119. The number of ether oxygens (including phenoxy) is 2. The van der Waals surface area contributed by atoms with Gasteiger partial charge in [0.1, 0.15) is 23.2 Å². The summed E-state index contributed by atoms with van der Waals surface area (Å²) in [4.78, 5) is 24.7. The van der Waals surface area contributed by atoms with E-state index in [1.54, 1.807) is 13.0 Å². The number of nitriles is 1. The number of aromatic nitrogens is 2. The maximum absolute atomic E-state index is 13.8. The van der Waals surface area contributed by atoms with Crippen LogP contribution in [0, 0.1) is 17.1 Å². The van der Waals surface area contributed by atoms with Gasteiger partial charge in [-0.05, 0) is 19.1 Å². The molecular formula is C16H14FN3O4. The van der Waals surface area contributed by atoms with Gasteiger partial charge in [0.05, 0.1) is 13.2 Å². The van der Waals surface area contributed by atoms with Gasteiger partial charge in [0, 0.05) is 23.9 Å². The van der Waals surface area contributed by atoms with Crippen LogP contribution >= 0.6 is 0 Å². The SMILES string of the molecule is CCn1cc(C#N)c(=O)n(Cc2cc(F)cc3c2OCOC3)c1=O. The molecule has 0 aliphatic carbocycles. The first-order valence-electron chi connectivity index (χ1n) is 7.31. The van der Waals surface area contributed by atoms with Gasteiger partial charge < -0.3 is 9.47 Å². The summed E-state index contributed by atoms with van der Waals surface area (Å²) in [6.07, 6.45) is 1.23. The number of halogens is 1. The van der Waals surface area contributed by atoms with E-state index in [1.165, 1.54) is 22.9 Å². The van der Waals surface area contributed by atoms with Crippen LogP contribution in [0.25, 0.3) is 0 Å². The largest absolute Gasteiger partial charge is 0.467 e. The molecule has 0 radical (unpaired) electrons. The van der Waals surface area contributed by atoms with E-state index in [9.17, 15) is 14.0 Å². The smallest absolute Gasteiger partial charge is 0.331 e. The molecule has 124 valence electrons. The predicted octanol–water partition coefficient (Wildman–Crippen LogP) is 0.955. The quantitative estimate of drug-likeness (QED) is 0.836. The second kappa shape index (κ2) is 6.29. The average Bonchev–Trinajstić information content (AvgIpc) is 2.58. The van der Waals surface area contributed by atoms with Crippen molar-refractivity contribution in [2.24, 2.45) is 0 Å². The Hall–Kier alpha value is -2.92. The first-order chi connectivity index (χ1) is 11.5. The van der Waals surface area contributed by atoms with E-state index in [4.69, 9.17) is 14.7 Å². The highest BCUT2D eigenvalue weighted by molar-refractivity contribution is 5.42. The molecule has 0 bridgehead atoms. The zero-order valence-electron chi connectivity index (χ0n) is 12.9. The Kier molecular flexibility index (Phi) is 4.18. The molecule has 7 nitrogen and oxygen atoms in total. The molecule has 2 heterocycles. The maximum Gasteiger partial charge on any atom is 0.331 e. The summed E-state index contributed by atoms with van der Waals surface area (Å²) >= 11 is 0. The molecule has 1 aromatic carbocycles. The van der Waals surface area contributed by atoms with Crippen LogP contribution in [-0.2, 0) is 24.4 Å². The fourth-order valence-electron chi connectivity index (χ4n) is 2.64. The van der Waals surface area contributed by atoms with Crippen molar-refractivity contribution in [3.05, 3.63) is 61.7 Å². The summed E-state index contributed by atoms with van der Waals surface area (Å²) in [5.41, 5.74) is -0.559. The first kappa shape index (κ1) is 16.0. The molecule has 0 saturated heterocycles. The van der Waals surface area contributed by atoms with Crippen LogP contribution in [0.15, 0.2) is 27.9 Å². The Bertz CT molecular complexity index is 956. The lowest BCUT2D eigenvalue weighted by atomic mass is 10.1. The highest BCUT2D eigenvalue weighted by Gasteiger charge is 2.19. The molecule has 1 aliphatic rings. The summed E-state index contributed by atoms with van der Waals surface area (Å²) in [7, 11) is 0. The van der Waals surface area contributed by atoms with Crippen LogP contribution in [0.2, 0.25) is 0 Å². The Morgan fingerprint density at radius 1 is 1.38 bits per heavy atom. The third-order valence-corrected chi connectivity index (χ3v) is 3.78. The highest BCUT2D eigenvalue weighted by atomic mass is 19.1. The van der Waals surface area contributed by atoms with Gasteiger partial charge in [-0.3, -0.25) is 13.9 Å². The monoisotopic (exact) mass is 331 g/mol. The van der Waals surface area contributed by atoms with E-state index in [0.29, 0.717) is 23.4 Å². The van der Waals surface area contributed by atoms with Crippen molar-refractivity contribution in [3.63, 3.8) is 0 Å². The zero-order valence-corrected chi connectivity index (χ0v) is 12.9. The fourth-order valence-corrected chi connectivity index (χ4v) is 2.64. The number of nitrogens with zero attached hydrogens (tertiary/aromatic N) is 3. The second-order valence-corrected chi connectivity index (χ2v) is 5.28. The molecule has 0 fully saturated rings. The number of fused-ring (bicyclic) bond motifs is 1. The third-order valence-electron chi connectivity index (χ3n) is 3.78. The van der Waals surface area contributed by atoms with Gasteiger partial charge in [0.2, 0.25) is 0 Å². The van der Waals surface area contributed by atoms with Gasteiger partial charge in [-0.25, -0.2) is 9.18 Å². The van der Waals surface area contributed by atoms with Crippen molar-refractivity contribution in [2.75, 3.05) is 6.79 Å². The van der Waals surface area contributed by atoms with Crippen LogP contribution in [0.4, 0.5) is 4.39 Å². The highest BCUT2D eigenvalue weighted by Crippen LogP contribution is 2.29. The summed E-state index contributed by atoms with van der Waals surface area (Å²) in [5.74, 6) is -0.113. The van der Waals surface area contributed by atoms with E-state index >= 15 is 0 Å². The number of hydrogen-bond donors (Lipinski definition) is 0. The van der Waals surface area contributed by atoms with Gasteiger partial charge in [-0.2, -0.15) is 5.26 Å². The molecule has 0 spiro atoms. The lowest BCUT2D eigenvalue weighted by Crippen LogP contribution is -2.41. The topological polar surface area (TPSA) is 86.2 Å². The molecule has 0 saturated carbocycles. The molecule has 2 aromatic rings. The van der Waals surface area contributed by atoms with Crippen molar-refractivity contribution in [2.45, 2.75) is 26.6 Å². The van der Waals surface area contributed by atoms with E-state index < -0.39 is 17.1 Å². The van der Waals surface area contributed by atoms with E-state index in [2.05, 4.69) is 0 Å². The van der Waals surface area contributed by atoms with Crippen molar-refractivity contribution in [1.82, 2.24) is 9.13 Å². The summed E-state index contributed by atoms with van der Waals surface area (Å²) < 4.78 is 26.5. The van der Waals surface area contributed by atoms with Gasteiger partial charge in [-0.15, -0.1) is 0 Å². The number of rotatable bonds is 3. The Labute approximate surface area is 136 Å². The first-order valence-corrected chi connectivity index (χ1v) is 7.31. The molecule has 0 N–H and O–H groups in total. The Morgan fingerprint density at radius 2 is 2.17 bits per heavy atom. The van der Waals surface area contributed by atoms with E-state index in [0.717, 1.165) is 4.57 Å². The lowest BCUT2D eigenvalue weighted by molar-refractivity contribution is -0.0173. The van der Waals surface area contributed by atoms with Crippen LogP contribution < -0.4 is 16.0 Å². The Morgan fingerprint density at radius 3 is 2.88 bits per heavy atom. The molecule has 3 rings (SSSR count). The summed E-state index contributed by atoms with van der Waals surface area (Å²) in [6.45, 7) is 2.04. The summed E-state index contributed by atoms with van der Waals surface area (Å²) in [5, 5.41) is 9.08. The second-order valence-electron chi connectivity index (χ2n) is 5.28. The van der Waals surface area contributed by atoms with Crippen molar-refractivity contribution in [3.8, 4) is 11.8 Å². The van der Waals surface area contributed by atoms with Crippen LogP contribution in [0.1, 0.15) is 23.6 Å². The van der Waals surface area contributed by atoms with E-state index in [-0.39, 0.29) is 25.5 Å². The van der Waals surface area contributed by atoms with Crippen molar-refractivity contribution < 1.29 is 13.9 Å². The number of benzene rings is 1. The fraction of sp³-hybridized carbons (Fsp3) is 0.312. The number of aryl methyl sites for hydroxylation is 1. The van der Waals surface area contributed by atoms with Crippen molar-refractivity contribution >= 4 is 0 Å². The molecule has 1 aromatic heterocycles. The normalized spacial score (nSPS) is 13.0. The predicted molar refractivity (Wildman–Crippen MR) is 81.1 cm³/mol. The molecular weight excluding hydrogens is 317 g/mol. The van der Waals surface area contributed by atoms with Gasteiger partial charge in [0.25, 0.3) is 5.56 Å². The van der Waals surface area contributed by atoms with Gasteiger partial charge >= 0.3 is 5.69 Å². The minimum atomic E-state index is -0.711. The number of hydrogen-bond acceptors (Lipinski definition) is 5. The average molecular weight is 331 g/mol. The Balaban J connectivity index is 2.17. The molecule has 0 atom stereocenters. The molecule has 8 heteroatoms. The zero-order chi connectivity index (χ0) is 17.3. The van der Waals surface area contributed by atoms with Crippen molar-refractivity contribution in [1.29, 1.82) is 5.26 Å². The van der Waals surface area contributed by atoms with Crippen LogP contribution in [0.5, 0.6) is 5.75 Å². The standard InChI is InChI=1S/C16H14FN3O4/c1-2-19-6-12(5-18)15(21)20(16(19)22)7-10-3-13(17)4-11-8-23-9-24-14(10)11/h3-4,6H,2,7-9H2,1H3. The molecule has 0 amide bonds. The molecule has 1 aliphatic heterocycles. The molecule has 0 unspecified atom stereocenters. The van der Waals surface area contributed by atoms with Crippen LogP contribution in [0.3, 0.4) is 0 Å². The maximum atomic E-state index is 13.8. The lowest BCUT2D eigenvalue weighted by Gasteiger charge is -2.21. The minimum Gasteiger partial charge on any atom is -0.467 e. The molecule has 24 heavy (non-hydrogen) atoms. The van der Waals surface area contributed by atoms with Gasteiger partial charge in [0.15, 0.2) is 6.79 Å².